The molecule has 1 heteroatoms. The maximum absolute atomic E-state index is 5.47. The summed E-state index contributed by atoms with van der Waals surface area (Å²) in [6.07, 6.45) is 10.2. The molecule has 60 valence electrons. The van der Waals surface area contributed by atoms with Gasteiger partial charge in [0.15, 0.2) is 0 Å². The summed E-state index contributed by atoms with van der Waals surface area (Å²) < 4.78 is 0. The van der Waals surface area contributed by atoms with Gasteiger partial charge in [0.25, 0.3) is 0 Å². The first-order valence-electron chi connectivity index (χ1n) is 3.63. The van der Waals surface area contributed by atoms with Crippen LogP contribution in [0.1, 0.15) is 6.42 Å². The maximum Gasteiger partial charge on any atom is 0.0143 e. The van der Waals surface area contributed by atoms with Crippen molar-refractivity contribution in [2.75, 3.05) is 6.54 Å². The lowest BCUT2D eigenvalue weighted by atomic mass is 10.2. The summed E-state index contributed by atoms with van der Waals surface area (Å²) in [7, 11) is 0. The predicted molar refractivity (Wildman–Crippen MR) is 51.3 cm³/mol. The van der Waals surface area contributed by atoms with Crippen LogP contribution >= 0.6 is 0 Å². The Kier molecular flexibility index (Phi) is 6.34. The van der Waals surface area contributed by atoms with E-state index in [0.29, 0.717) is 6.54 Å². The van der Waals surface area contributed by atoms with Crippen molar-refractivity contribution in [3.63, 3.8) is 0 Å². The molecule has 0 amide bonds. The molecule has 0 unspecified atom stereocenters. The summed E-state index contributed by atoms with van der Waals surface area (Å²) in [6.45, 7) is 7.79. The van der Waals surface area contributed by atoms with Gasteiger partial charge in [0.1, 0.15) is 0 Å². The summed E-state index contributed by atoms with van der Waals surface area (Å²) in [6, 6.07) is 0. The summed E-state index contributed by atoms with van der Waals surface area (Å²) in [5, 5.41) is 0. The second-order valence-electron chi connectivity index (χ2n) is 2.14. The summed E-state index contributed by atoms with van der Waals surface area (Å²) in [5.74, 6) is 0. The van der Waals surface area contributed by atoms with Crippen LogP contribution in [0.2, 0.25) is 0 Å². The summed E-state index contributed by atoms with van der Waals surface area (Å²) in [5.41, 5.74) is 6.64. The molecule has 0 aromatic carbocycles. The van der Waals surface area contributed by atoms with E-state index in [1.54, 1.807) is 6.08 Å². The van der Waals surface area contributed by atoms with Crippen LogP contribution in [0.3, 0.4) is 0 Å². The van der Waals surface area contributed by atoms with E-state index in [1.165, 1.54) is 5.57 Å². The fourth-order valence-electron chi connectivity index (χ4n) is 0.675. The zero-order valence-electron chi connectivity index (χ0n) is 6.79. The molecule has 0 heterocycles. The normalized spacial score (nSPS) is 11.9. The number of hydrogen-bond donors (Lipinski definition) is 1. The van der Waals surface area contributed by atoms with Crippen LogP contribution in [0.5, 0.6) is 0 Å². The molecule has 0 fully saturated rings. The molecule has 0 atom stereocenters. The molecule has 11 heavy (non-hydrogen) atoms. The molecule has 0 radical (unpaired) electrons. The zero-order valence-corrected chi connectivity index (χ0v) is 6.79. The molecule has 2 N–H and O–H groups in total. The molecule has 0 saturated heterocycles. The van der Waals surface area contributed by atoms with Gasteiger partial charge in [-0.25, -0.2) is 0 Å². The van der Waals surface area contributed by atoms with Gasteiger partial charge >= 0.3 is 0 Å². The Morgan fingerprint density at radius 1 is 1.27 bits per heavy atom. The van der Waals surface area contributed by atoms with Crippen LogP contribution in [0.4, 0.5) is 0 Å². The van der Waals surface area contributed by atoms with E-state index in [1.807, 2.05) is 24.3 Å². The lowest BCUT2D eigenvalue weighted by Crippen LogP contribution is -2.01. The van der Waals surface area contributed by atoms with Crippen LogP contribution in [-0.2, 0) is 0 Å². The van der Waals surface area contributed by atoms with E-state index >= 15 is 0 Å². The lowest BCUT2D eigenvalue weighted by Gasteiger charge is -1.95. The van der Waals surface area contributed by atoms with Gasteiger partial charge in [-0.3, -0.25) is 0 Å². The molecule has 1 nitrogen and oxygen atoms in total. The highest BCUT2D eigenvalue weighted by Crippen LogP contribution is 1.99. The van der Waals surface area contributed by atoms with E-state index in [2.05, 4.69) is 13.2 Å². The van der Waals surface area contributed by atoms with Gasteiger partial charge in [0.2, 0.25) is 0 Å². The quantitative estimate of drug-likeness (QED) is 0.470. The molecular weight excluding hydrogens is 134 g/mol. The van der Waals surface area contributed by atoms with Crippen LogP contribution in [0.25, 0.3) is 0 Å². The minimum absolute atomic E-state index is 0.591. The van der Waals surface area contributed by atoms with Crippen LogP contribution in [0.15, 0.2) is 49.1 Å². The highest BCUT2D eigenvalue weighted by atomic mass is 14.5. The largest absolute Gasteiger partial charge is 0.327 e. The third-order valence-corrected chi connectivity index (χ3v) is 1.25. The van der Waals surface area contributed by atoms with Gasteiger partial charge in [-0.2, -0.15) is 0 Å². The first-order valence-corrected chi connectivity index (χ1v) is 3.63. The second-order valence-corrected chi connectivity index (χ2v) is 2.14. The molecule has 0 bridgehead atoms. The van der Waals surface area contributed by atoms with Crippen LogP contribution in [-0.4, -0.2) is 6.54 Å². The van der Waals surface area contributed by atoms with E-state index in [0.717, 1.165) is 6.42 Å². The van der Waals surface area contributed by atoms with Crippen molar-refractivity contribution in [1.29, 1.82) is 0 Å². The average Bonchev–Trinajstić information content (AvgIpc) is 2.03. The van der Waals surface area contributed by atoms with Crippen molar-refractivity contribution in [3.05, 3.63) is 49.1 Å². The Balaban J connectivity index is 3.98. The molecule has 0 aliphatic heterocycles. The molecule has 0 aromatic rings. The third kappa shape index (κ3) is 5.37. The lowest BCUT2D eigenvalue weighted by molar-refractivity contribution is 1.07. The third-order valence-electron chi connectivity index (χ3n) is 1.25. The first kappa shape index (κ1) is 9.92. The monoisotopic (exact) mass is 149 g/mol. The molecule has 0 spiro atoms. The van der Waals surface area contributed by atoms with E-state index in [-0.39, 0.29) is 0 Å². The van der Waals surface area contributed by atoms with Gasteiger partial charge < -0.3 is 5.73 Å². The topological polar surface area (TPSA) is 26.0 Å². The molecular formula is C10H15N. The fourth-order valence-corrected chi connectivity index (χ4v) is 0.675. The van der Waals surface area contributed by atoms with Gasteiger partial charge in [-0.1, -0.05) is 42.5 Å². The highest BCUT2D eigenvalue weighted by Gasteiger charge is 1.86. The summed E-state index contributed by atoms with van der Waals surface area (Å²) >= 11 is 0. The van der Waals surface area contributed by atoms with E-state index in [4.69, 9.17) is 5.73 Å². The van der Waals surface area contributed by atoms with Gasteiger partial charge in [0.05, 0.1) is 0 Å². The molecule has 0 saturated carbocycles. The van der Waals surface area contributed by atoms with Crippen LogP contribution < -0.4 is 5.73 Å². The average molecular weight is 149 g/mol. The van der Waals surface area contributed by atoms with Crippen molar-refractivity contribution in [2.45, 2.75) is 6.42 Å². The SMILES string of the molecule is C=C/C=C\C=C(\CN)CC=C. The van der Waals surface area contributed by atoms with Crippen molar-refractivity contribution in [3.8, 4) is 0 Å². The highest BCUT2D eigenvalue weighted by molar-refractivity contribution is 5.18. The van der Waals surface area contributed by atoms with Crippen molar-refractivity contribution in [1.82, 2.24) is 0 Å². The Morgan fingerprint density at radius 3 is 2.45 bits per heavy atom. The molecule has 0 aromatic heterocycles. The van der Waals surface area contributed by atoms with Gasteiger partial charge in [-0.15, -0.1) is 6.58 Å². The van der Waals surface area contributed by atoms with Crippen molar-refractivity contribution in [2.24, 2.45) is 5.73 Å². The molecule has 0 aliphatic rings. The second kappa shape index (κ2) is 7.03. The van der Waals surface area contributed by atoms with Gasteiger partial charge in [0, 0.05) is 6.54 Å². The standard InChI is InChI=1S/C10H15N/c1-3-5-6-8-10(9-11)7-4-2/h3-6,8H,1-2,7,9,11H2/b6-5-,10-8+. The van der Waals surface area contributed by atoms with Crippen LogP contribution in [0, 0.1) is 0 Å². The first-order chi connectivity index (χ1) is 5.35. The number of nitrogens with two attached hydrogens (primary N) is 1. The Morgan fingerprint density at radius 2 is 2.00 bits per heavy atom. The number of allylic oxidation sites excluding steroid dienone is 5. The Labute approximate surface area is 68.6 Å². The molecule has 0 aliphatic carbocycles. The van der Waals surface area contributed by atoms with E-state index in [9.17, 15) is 0 Å². The minimum Gasteiger partial charge on any atom is -0.327 e. The fraction of sp³-hybridized carbons (Fsp3) is 0.200. The molecule has 0 rings (SSSR count). The number of rotatable bonds is 5. The minimum atomic E-state index is 0.591. The predicted octanol–water partition coefficient (Wildman–Crippen LogP) is 2.19. The smallest absolute Gasteiger partial charge is 0.0143 e. The number of hydrogen-bond acceptors (Lipinski definition) is 1. The maximum atomic E-state index is 5.47. The zero-order chi connectivity index (χ0) is 8.53. The Hall–Kier alpha value is -1.08. The Bertz CT molecular complexity index is 175. The van der Waals surface area contributed by atoms with E-state index < -0.39 is 0 Å². The van der Waals surface area contributed by atoms with Gasteiger partial charge in [-0.05, 0) is 6.42 Å². The van der Waals surface area contributed by atoms with Crippen molar-refractivity contribution < 1.29 is 0 Å². The summed E-state index contributed by atoms with van der Waals surface area (Å²) in [4.78, 5) is 0. The van der Waals surface area contributed by atoms with Crippen molar-refractivity contribution >= 4 is 0 Å².